The van der Waals surface area contributed by atoms with Gasteiger partial charge in [0.25, 0.3) is 0 Å². The quantitative estimate of drug-likeness (QED) is 0.873. The van der Waals surface area contributed by atoms with Crippen LogP contribution in [0.25, 0.3) is 17.0 Å². The lowest BCUT2D eigenvalue weighted by atomic mass is 10.1. The predicted molar refractivity (Wildman–Crippen MR) is 79.2 cm³/mol. The number of hydrogen-bond acceptors (Lipinski definition) is 4. The number of benzene rings is 1. The molecule has 1 aromatic heterocycles. The van der Waals surface area contributed by atoms with Crippen LogP contribution >= 0.6 is 0 Å². The molecule has 0 bridgehead atoms. The van der Waals surface area contributed by atoms with Crippen molar-refractivity contribution in [1.82, 2.24) is 5.32 Å². The summed E-state index contributed by atoms with van der Waals surface area (Å²) in [6.45, 7) is 0. The summed E-state index contributed by atoms with van der Waals surface area (Å²) in [7, 11) is 1.55. The molecular weight excluding hydrogens is 270 g/mol. The third kappa shape index (κ3) is 2.97. The Bertz CT molecular complexity index is 771. The third-order valence-corrected chi connectivity index (χ3v) is 3.35. The zero-order valence-electron chi connectivity index (χ0n) is 11.6. The van der Waals surface area contributed by atoms with Crippen LogP contribution < -0.4 is 15.5 Å². The van der Waals surface area contributed by atoms with E-state index in [1.54, 1.807) is 25.3 Å². The molecule has 5 heteroatoms. The van der Waals surface area contributed by atoms with Crippen molar-refractivity contribution in [1.29, 1.82) is 0 Å². The van der Waals surface area contributed by atoms with E-state index >= 15 is 0 Å². The Morgan fingerprint density at radius 1 is 1.43 bits per heavy atom. The number of carbonyl (C=O) groups is 1. The summed E-state index contributed by atoms with van der Waals surface area (Å²) in [5.74, 6) is 0.435. The molecule has 5 nitrogen and oxygen atoms in total. The number of carbonyl (C=O) groups excluding carboxylic acids is 1. The van der Waals surface area contributed by atoms with Gasteiger partial charge in [-0.1, -0.05) is 0 Å². The van der Waals surface area contributed by atoms with Crippen LogP contribution in [0.15, 0.2) is 39.7 Å². The summed E-state index contributed by atoms with van der Waals surface area (Å²) in [4.78, 5) is 23.9. The van der Waals surface area contributed by atoms with E-state index in [1.165, 1.54) is 18.4 Å². The molecule has 1 saturated carbocycles. The molecule has 1 amide bonds. The van der Waals surface area contributed by atoms with Crippen molar-refractivity contribution in [3.63, 3.8) is 0 Å². The lowest BCUT2D eigenvalue weighted by molar-refractivity contribution is -0.116. The van der Waals surface area contributed by atoms with E-state index in [1.807, 2.05) is 0 Å². The first-order valence-electron chi connectivity index (χ1n) is 6.75. The Balaban J connectivity index is 1.88. The largest absolute Gasteiger partial charge is 0.497 e. The van der Waals surface area contributed by atoms with Gasteiger partial charge in [0.15, 0.2) is 5.43 Å². The van der Waals surface area contributed by atoms with Gasteiger partial charge in [0.2, 0.25) is 5.91 Å². The van der Waals surface area contributed by atoms with E-state index < -0.39 is 0 Å². The van der Waals surface area contributed by atoms with Crippen molar-refractivity contribution in [2.45, 2.75) is 18.9 Å². The minimum Gasteiger partial charge on any atom is -0.497 e. The summed E-state index contributed by atoms with van der Waals surface area (Å²) >= 11 is 0. The van der Waals surface area contributed by atoms with Gasteiger partial charge in [-0.25, -0.2) is 0 Å². The molecule has 0 saturated heterocycles. The van der Waals surface area contributed by atoms with Gasteiger partial charge < -0.3 is 14.5 Å². The molecule has 1 N–H and O–H groups in total. The van der Waals surface area contributed by atoms with E-state index in [9.17, 15) is 9.59 Å². The monoisotopic (exact) mass is 285 g/mol. The highest BCUT2D eigenvalue weighted by Gasteiger charge is 2.22. The number of fused-ring (bicyclic) bond motifs is 1. The molecule has 0 unspecified atom stereocenters. The molecule has 1 heterocycles. The van der Waals surface area contributed by atoms with E-state index in [0.29, 0.717) is 28.3 Å². The van der Waals surface area contributed by atoms with E-state index in [0.717, 1.165) is 12.8 Å². The lowest BCUT2D eigenvalue weighted by Crippen LogP contribution is -2.23. The van der Waals surface area contributed by atoms with Gasteiger partial charge in [-0.3, -0.25) is 9.59 Å². The van der Waals surface area contributed by atoms with Gasteiger partial charge in [0.1, 0.15) is 17.6 Å². The average molecular weight is 285 g/mol. The Labute approximate surface area is 121 Å². The van der Waals surface area contributed by atoms with Crippen LogP contribution in [0.3, 0.4) is 0 Å². The fourth-order valence-electron chi connectivity index (χ4n) is 2.01. The van der Waals surface area contributed by atoms with Crippen LogP contribution in [0, 0.1) is 0 Å². The Kier molecular flexibility index (Phi) is 3.48. The minimum absolute atomic E-state index is 0.172. The van der Waals surface area contributed by atoms with Gasteiger partial charge in [0, 0.05) is 18.2 Å². The fraction of sp³-hybridized carbons (Fsp3) is 0.250. The first-order valence-corrected chi connectivity index (χ1v) is 6.75. The molecule has 0 radical (unpaired) electrons. The molecule has 0 aliphatic heterocycles. The third-order valence-electron chi connectivity index (χ3n) is 3.35. The number of methoxy groups -OCH3 is 1. The van der Waals surface area contributed by atoms with Crippen LogP contribution in [0.5, 0.6) is 5.75 Å². The second-order valence-electron chi connectivity index (χ2n) is 5.00. The molecule has 0 atom stereocenters. The van der Waals surface area contributed by atoms with Crippen molar-refractivity contribution in [3.05, 3.63) is 46.3 Å². The first kappa shape index (κ1) is 13.4. The molecule has 21 heavy (non-hydrogen) atoms. The van der Waals surface area contributed by atoms with Crippen LogP contribution in [0.4, 0.5) is 0 Å². The number of hydrogen-bond donors (Lipinski definition) is 1. The average Bonchev–Trinajstić information content (AvgIpc) is 3.30. The highest BCUT2D eigenvalue weighted by Crippen LogP contribution is 2.19. The summed E-state index contributed by atoms with van der Waals surface area (Å²) < 4.78 is 10.5. The second-order valence-corrected chi connectivity index (χ2v) is 5.00. The first-order chi connectivity index (χ1) is 10.2. The van der Waals surface area contributed by atoms with Gasteiger partial charge in [-0.2, -0.15) is 0 Å². The second kappa shape index (κ2) is 5.44. The van der Waals surface area contributed by atoms with Gasteiger partial charge in [-0.05, 0) is 31.1 Å². The van der Waals surface area contributed by atoms with Crippen molar-refractivity contribution in [3.8, 4) is 5.75 Å². The van der Waals surface area contributed by atoms with Crippen molar-refractivity contribution in [2.24, 2.45) is 0 Å². The normalized spacial score (nSPS) is 14.5. The fourth-order valence-corrected chi connectivity index (χ4v) is 2.01. The number of amides is 1. The Hall–Kier alpha value is -2.56. The lowest BCUT2D eigenvalue weighted by Gasteiger charge is -2.02. The predicted octanol–water partition coefficient (Wildman–Crippen LogP) is 2.09. The van der Waals surface area contributed by atoms with E-state index in [-0.39, 0.29) is 11.3 Å². The molecule has 1 aromatic carbocycles. The summed E-state index contributed by atoms with van der Waals surface area (Å²) in [5.41, 5.74) is 0.631. The molecule has 108 valence electrons. The molecule has 1 aliphatic rings. The maximum atomic E-state index is 12.3. The van der Waals surface area contributed by atoms with E-state index in [2.05, 4.69) is 5.32 Å². The Morgan fingerprint density at radius 3 is 2.95 bits per heavy atom. The molecule has 0 spiro atoms. The van der Waals surface area contributed by atoms with Crippen LogP contribution in [0.1, 0.15) is 18.4 Å². The smallest absolute Gasteiger partial charge is 0.244 e. The highest BCUT2D eigenvalue weighted by atomic mass is 16.5. The van der Waals surface area contributed by atoms with Crippen LogP contribution in [-0.2, 0) is 4.79 Å². The molecular formula is C16H15NO4. The zero-order valence-corrected chi connectivity index (χ0v) is 11.6. The van der Waals surface area contributed by atoms with E-state index in [4.69, 9.17) is 9.15 Å². The van der Waals surface area contributed by atoms with Crippen molar-refractivity contribution >= 4 is 23.0 Å². The zero-order chi connectivity index (χ0) is 14.8. The minimum atomic E-state index is -0.188. The molecule has 3 rings (SSSR count). The number of rotatable bonds is 4. The van der Waals surface area contributed by atoms with Gasteiger partial charge in [0.05, 0.1) is 18.1 Å². The summed E-state index contributed by atoms with van der Waals surface area (Å²) in [6, 6.07) is 5.31. The van der Waals surface area contributed by atoms with Gasteiger partial charge in [-0.15, -0.1) is 0 Å². The van der Waals surface area contributed by atoms with Crippen molar-refractivity contribution in [2.75, 3.05) is 7.11 Å². The number of nitrogens with one attached hydrogen (secondary N) is 1. The van der Waals surface area contributed by atoms with Crippen LogP contribution in [0.2, 0.25) is 0 Å². The standard InChI is InChI=1S/C16H15NO4/c1-20-12-5-6-13-14(8-12)21-9-10(16(13)19)2-7-15(18)17-11-3-4-11/h2,5-9,11H,3-4H2,1H3,(H,17,18)/b7-2+. The highest BCUT2D eigenvalue weighted by molar-refractivity contribution is 5.92. The summed E-state index contributed by atoms with van der Waals surface area (Å²) in [5, 5.41) is 3.28. The van der Waals surface area contributed by atoms with Gasteiger partial charge >= 0.3 is 0 Å². The SMILES string of the molecule is COc1ccc2c(=O)c(/C=C/C(=O)NC3CC3)coc2c1. The van der Waals surface area contributed by atoms with Crippen molar-refractivity contribution < 1.29 is 13.9 Å². The summed E-state index contributed by atoms with van der Waals surface area (Å²) in [6.07, 6.45) is 6.25. The molecule has 1 aliphatic carbocycles. The number of ether oxygens (including phenoxy) is 1. The topological polar surface area (TPSA) is 68.5 Å². The Morgan fingerprint density at radius 2 is 2.24 bits per heavy atom. The maximum absolute atomic E-state index is 12.3. The van der Waals surface area contributed by atoms with Crippen LogP contribution in [-0.4, -0.2) is 19.1 Å². The maximum Gasteiger partial charge on any atom is 0.244 e. The molecule has 1 fully saturated rings. The molecule has 2 aromatic rings.